The van der Waals surface area contributed by atoms with Gasteiger partial charge in [0.1, 0.15) is 0 Å². The number of carboxylic acid groups (broad SMARTS) is 1. The van der Waals surface area contributed by atoms with E-state index in [0.717, 1.165) is 20.5 Å². The quantitative estimate of drug-likeness (QED) is 0.890. The molecule has 18 heavy (non-hydrogen) atoms. The van der Waals surface area contributed by atoms with E-state index in [-0.39, 0.29) is 0 Å². The Labute approximate surface area is 118 Å². The van der Waals surface area contributed by atoms with Gasteiger partial charge in [-0.25, -0.2) is 0 Å². The standard InChI is InChI=1S/C14H13BrO2S/c1-8-5-11(15)3-4-12(8)13-6-10(7-18-13)9(2)14(16)17/h3-7,9H,1-2H3,(H,16,17). The van der Waals surface area contributed by atoms with Gasteiger partial charge < -0.3 is 5.11 Å². The summed E-state index contributed by atoms with van der Waals surface area (Å²) in [5.41, 5.74) is 3.21. The van der Waals surface area contributed by atoms with E-state index < -0.39 is 11.9 Å². The Morgan fingerprint density at radius 3 is 2.72 bits per heavy atom. The minimum Gasteiger partial charge on any atom is -0.481 e. The number of halogens is 1. The van der Waals surface area contributed by atoms with Crippen LogP contribution in [0.15, 0.2) is 34.1 Å². The molecule has 2 nitrogen and oxygen atoms in total. The lowest BCUT2D eigenvalue weighted by Gasteiger charge is -2.04. The molecule has 0 bridgehead atoms. The van der Waals surface area contributed by atoms with Gasteiger partial charge in [0, 0.05) is 9.35 Å². The molecule has 1 aromatic heterocycles. The fourth-order valence-corrected chi connectivity index (χ4v) is 3.34. The largest absolute Gasteiger partial charge is 0.481 e. The Balaban J connectivity index is 2.38. The van der Waals surface area contributed by atoms with Crippen molar-refractivity contribution in [2.24, 2.45) is 0 Å². The molecule has 0 spiro atoms. The van der Waals surface area contributed by atoms with E-state index in [1.165, 1.54) is 5.56 Å². The summed E-state index contributed by atoms with van der Waals surface area (Å²) in [6, 6.07) is 8.10. The van der Waals surface area contributed by atoms with Crippen LogP contribution in [0, 0.1) is 6.92 Å². The van der Waals surface area contributed by atoms with E-state index in [1.807, 2.05) is 17.5 Å². The predicted octanol–water partition coefficient (Wildman–Crippen LogP) is 4.67. The predicted molar refractivity (Wildman–Crippen MR) is 78.2 cm³/mol. The van der Waals surface area contributed by atoms with Crippen molar-refractivity contribution in [3.05, 3.63) is 45.2 Å². The summed E-state index contributed by atoms with van der Waals surface area (Å²) in [4.78, 5) is 12.1. The SMILES string of the molecule is Cc1cc(Br)ccc1-c1cc(C(C)C(=O)O)cs1. The molecule has 1 N–H and O–H groups in total. The highest BCUT2D eigenvalue weighted by molar-refractivity contribution is 9.10. The van der Waals surface area contributed by atoms with E-state index >= 15 is 0 Å². The lowest BCUT2D eigenvalue weighted by atomic mass is 10.0. The minimum atomic E-state index is -0.785. The molecule has 0 aliphatic heterocycles. The van der Waals surface area contributed by atoms with E-state index in [1.54, 1.807) is 18.3 Å². The van der Waals surface area contributed by atoms with Crippen LogP contribution < -0.4 is 0 Å². The third kappa shape index (κ3) is 2.65. The van der Waals surface area contributed by atoms with Gasteiger partial charge in [-0.2, -0.15) is 0 Å². The summed E-state index contributed by atoms with van der Waals surface area (Å²) in [5.74, 6) is -1.24. The smallest absolute Gasteiger partial charge is 0.310 e. The molecule has 2 aromatic rings. The van der Waals surface area contributed by atoms with Crippen molar-refractivity contribution in [2.75, 3.05) is 0 Å². The first-order chi connectivity index (χ1) is 8.49. The maximum absolute atomic E-state index is 11.0. The molecule has 0 aliphatic rings. The molecule has 1 unspecified atom stereocenters. The summed E-state index contributed by atoms with van der Waals surface area (Å²) in [7, 11) is 0. The van der Waals surface area contributed by atoms with Crippen LogP contribution in [0.4, 0.5) is 0 Å². The maximum Gasteiger partial charge on any atom is 0.310 e. The molecule has 0 aliphatic carbocycles. The Morgan fingerprint density at radius 1 is 1.39 bits per heavy atom. The number of benzene rings is 1. The molecule has 0 saturated carbocycles. The highest BCUT2D eigenvalue weighted by Gasteiger charge is 2.16. The molecule has 0 amide bonds. The average Bonchev–Trinajstić information content (AvgIpc) is 2.77. The Hall–Kier alpha value is -1.13. The zero-order chi connectivity index (χ0) is 13.3. The van der Waals surface area contributed by atoms with Gasteiger partial charge in [0.25, 0.3) is 0 Å². The summed E-state index contributed by atoms with van der Waals surface area (Å²) in [6.07, 6.45) is 0. The lowest BCUT2D eigenvalue weighted by Crippen LogP contribution is -2.05. The van der Waals surface area contributed by atoms with Crippen molar-refractivity contribution in [1.29, 1.82) is 0 Å². The number of hydrogen-bond donors (Lipinski definition) is 1. The van der Waals surface area contributed by atoms with Crippen LogP contribution in [0.1, 0.15) is 24.0 Å². The fraction of sp³-hybridized carbons (Fsp3) is 0.214. The molecule has 0 radical (unpaired) electrons. The zero-order valence-electron chi connectivity index (χ0n) is 10.1. The number of hydrogen-bond acceptors (Lipinski definition) is 2. The van der Waals surface area contributed by atoms with Crippen LogP contribution in [0.3, 0.4) is 0 Å². The lowest BCUT2D eigenvalue weighted by molar-refractivity contribution is -0.138. The summed E-state index contributed by atoms with van der Waals surface area (Å²) in [5, 5.41) is 10.9. The summed E-state index contributed by atoms with van der Waals surface area (Å²) in [6.45, 7) is 3.77. The van der Waals surface area contributed by atoms with Crippen molar-refractivity contribution in [3.63, 3.8) is 0 Å². The highest BCUT2D eigenvalue weighted by Crippen LogP contribution is 2.33. The first-order valence-corrected chi connectivity index (χ1v) is 7.24. The van der Waals surface area contributed by atoms with Crippen LogP contribution >= 0.6 is 27.3 Å². The third-order valence-electron chi connectivity index (χ3n) is 2.94. The number of aliphatic carboxylic acids is 1. The van der Waals surface area contributed by atoms with Gasteiger partial charge in [-0.05, 0) is 54.1 Å². The number of carbonyl (C=O) groups is 1. The maximum atomic E-state index is 11.0. The van der Waals surface area contributed by atoms with Gasteiger partial charge >= 0.3 is 5.97 Å². The minimum absolute atomic E-state index is 0.453. The van der Waals surface area contributed by atoms with Crippen LogP contribution in [-0.2, 0) is 4.79 Å². The first kappa shape index (κ1) is 13.3. The van der Waals surface area contributed by atoms with E-state index in [0.29, 0.717) is 0 Å². The molecule has 1 heterocycles. The van der Waals surface area contributed by atoms with Crippen LogP contribution in [-0.4, -0.2) is 11.1 Å². The van der Waals surface area contributed by atoms with Gasteiger partial charge in [-0.15, -0.1) is 11.3 Å². The fourth-order valence-electron chi connectivity index (χ4n) is 1.77. The van der Waals surface area contributed by atoms with Crippen molar-refractivity contribution >= 4 is 33.2 Å². The molecular formula is C14H13BrO2S. The van der Waals surface area contributed by atoms with Gasteiger partial charge in [0.2, 0.25) is 0 Å². The van der Waals surface area contributed by atoms with E-state index in [4.69, 9.17) is 5.11 Å². The van der Waals surface area contributed by atoms with Gasteiger partial charge in [0.15, 0.2) is 0 Å². The Bertz CT molecular complexity index is 589. The third-order valence-corrected chi connectivity index (χ3v) is 4.42. The molecular weight excluding hydrogens is 312 g/mol. The van der Waals surface area contributed by atoms with Crippen LogP contribution in [0.25, 0.3) is 10.4 Å². The van der Waals surface area contributed by atoms with Gasteiger partial charge in [0.05, 0.1) is 5.92 Å². The number of aryl methyl sites for hydroxylation is 1. The van der Waals surface area contributed by atoms with E-state index in [2.05, 4.69) is 35.0 Å². The second kappa shape index (κ2) is 5.24. The average molecular weight is 325 g/mol. The normalized spacial score (nSPS) is 12.4. The van der Waals surface area contributed by atoms with Crippen molar-refractivity contribution in [1.82, 2.24) is 0 Å². The molecule has 0 fully saturated rings. The number of thiophene rings is 1. The van der Waals surface area contributed by atoms with Crippen molar-refractivity contribution < 1.29 is 9.90 Å². The number of carboxylic acids is 1. The monoisotopic (exact) mass is 324 g/mol. The molecule has 1 atom stereocenters. The Kier molecular flexibility index (Phi) is 3.88. The molecule has 2 rings (SSSR count). The highest BCUT2D eigenvalue weighted by atomic mass is 79.9. The van der Waals surface area contributed by atoms with Gasteiger partial charge in [-0.3, -0.25) is 4.79 Å². The molecule has 4 heteroatoms. The van der Waals surface area contributed by atoms with Crippen molar-refractivity contribution in [2.45, 2.75) is 19.8 Å². The number of rotatable bonds is 3. The molecule has 94 valence electrons. The zero-order valence-corrected chi connectivity index (χ0v) is 12.5. The van der Waals surface area contributed by atoms with Crippen molar-refractivity contribution in [3.8, 4) is 10.4 Å². The van der Waals surface area contributed by atoms with E-state index in [9.17, 15) is 4.79 Å². The topological polar surface area (TPSA) is 37.3 Å². The second-order valence-electron chi connectivity index (χ2n) is 4.26. The van der Waals surface area contributed by atoms with Crippen LogP contribution in [0.2, 0.25) is 0 Å². The van der Waals surface area contributed by atoms with Gasteiger partial charge in [-0.1, -0.05) is 22.0 Å². The molecule has 1 aromatic carbocycles. The van der Waals surface area contributed by atoms with Crippen LogP contribution in [0.5, 0.6) is 0 Å². The first-order valence-electron chi connectivity index (χ1n) is 5.57. The summed E-state index contributed by atoms with van der Waals surface area (Å²) < 4.78 is 1.06. The summed E-state index contributed by atoms with van der Waals surface area (Å²) >= 11 is 5.03. The second-order valence-corrected chi connectivity index (χ2v) is 6.09. The Morgan fingerprint density at radius 2 is 2.11 bits per heavy atom. The molecule has 0 saturated heterocycles.